The van der Waals surface area contributed by atoms with Gasteiger partial charge in [0.05, 0.1) is 18.2 Å². The maximum absolute atomic E-state index is 2.47. The van der Waals surface area contributed by atoms with Crippen molar-refractivity contribution in [3.63, 3.8) is 0 Å². The van der Waals surface area contributed by atoms with Crippen molar-refractivity contribution < 1.29 is 0 Å². The second kappa shape index (κ2) is 5.39. The van der Waals surface area contributed by atoms with Crippen molar-refractivity contribution in [2.24, 2.45) is 0 Å². The Hall–Kier alpha value is -1.64. The van der Waals surface area contributed by atoms with E-state index in [4.69, 9.17) is 0 Å². The minimum atomic E-state index is 0.401. The van der Waals surface area contributed by atoms with Crippen LogP contribution < -0.4 is 0 Å². The van der Waals surface area contributed by atoms with E-state index in [0.29, 0.717) is 18.2 Å². The Kier molecular flexibility index (Phi) is 3.60. The molecule has 2 aromatic rings. The molecule has 2 heteroatoms. The van der Waals surface area contributed by atoms with Crippen molar-refractivity contribution >= 4 is 0 Å². The van der Waals surface area contributed by atoms with Crippen LogP contribution in [0.1, 0.15) is 30.1 Å². The third-order valence-corrected chi connectivity index (χ3v) is 4.64. The highest BCUT2D eigenvalue weighted by atomic mass is 15.4. The molecule has 0 unspecified atom stereocenters. The summed E-state index contributed by atoms with van der Waals surface area (Å²) in [7, 11) is 4.45. The first-order valence-electron chi connectivity index (χ1n) is 7.24. The van der Waals surface area contributed by atoms with E-state index in [0.717, 1.165) is 0 Å². The molecule has 1 aliphatic heterocycles. The molecule has 1 saturated heterocycles. The average Bonchev–Trinajstić information content (AvgIpc) is 2.73. The predicted octanol–water partition coefficient (Wildman–Crippen LogP) is 3.69. The summed E-state index contributed by atoms with van der Waals surface area (Å²) in [6.07, 6.45) is 0.436. The number of hydrogen-bond acceptors (Lipinski definition) is 2. The molecule has 0 N–H and O–H groups in total. The van der Waals surface area contributed by atoms with Crippen LogP contribution in [0.15, 0.2) is 60.7 Å². The highest BCUT2D eigenvalue weighted by Gasteiger charge is 2.42. The SMILES string of the molecule is CC1N(C)[C@H](c2ccccc2)[C@@H](c2ccccc2)N1C. The van der Waals surface area contributed by atoms with Gasteiger partial charge in [-0.3, -0.25) is 9.80 Å². The molecule has 0 spiro atoms. The molecule has 2 aromatic carbocycles. The van der Waals surface area contributed by atoms with Crippen molar-refractivity contribution in [1.29, 1.82) is 0 Å². The lowest BCUT2D eigenvalue weighted by Crippen LogP contribution is -2.31. The lowest BCUT2D eigenvalue weighted by Gasteiger charge is -2.26. The highest BCUT2D eigenvalue weighted by Crippen LogP contribution is 2.44. The summed E-state index contributed by atoms with van der Waals surface area (Å²) >= 11 is 0. The van der Waals surface area contributed by atoms with E-state index in [9.17, 15) is 0 Å². The van der Waals surface area contributed by atoms with Gasteiger partial charge in [-0.05, 0) is 32.1 Å². The molecule has 0 radical (unpaired) electrons. The second-order valence-electron chi connectivity index (χ2n) is 5.67. The van der Waals surface area contributed by atoms with Crippen LogP contribution in [0.4, 0.5) is 0 Å². The molecular formula is C18H22N2. The largest absolute Gasteiger partial charge is 0.282 e. The van der Waals surface area contributed by atoms with Crippen molar-refractivity contribution in [3.05, 3.63) is 71.8 Å². The summed E-state index contributed by atoms with van der Waals surface area (Å²) in [5.41, 5.74) is 2.78. The Bertz CT molecular complexity index is 501. The van der Waals surface area contributed by atoms with Crippen molar-refractivity contribution in [1.82, 2.24) is 9.80 Å². The van der Waals surface area contributed by atoms with Crippen molar-refractivity contribution in [2.75, 3.05) is 14.1 Å². The van der Waals surface area contributed by atoms with Gasteiger partial charge in [-0.2, -0.15) is 0 Å². The van der Waals surface area contributed by atoms with Gasteiger partial charge in [0.2, 0.25) is 0 Å². The Morgan fingerprint density at radius 1 is 0.650 bits per heavy atom. The van der Waals surface area contributed by atoms with E-state index in [-0.39, 0.29) is 0 Å². The van der Waals surface area contributed by atoms with E-state index in [1.54, 1.807) is 0 Å². The molecular weight excluding hydrogens is 244 g/mol. The van der Waals surface area contributed by atoms with Gasteiger partial charge in [0.25, 0.3) is 0 Å². The summed E-state index contributed by atoms with van der Waals surface area (Å²) in [4.78, 5) is 4.93. The molecule has 1 aliphatic rings. The summed E-state index contributed by atoms with van der Waals surface area (Å²) in [5.74, 6) is 0. The first-order valence-corrected chi connectivity index (χ1v) is 7.24. The number of hydrogen-bond donors (Lipinski definition) is 0. The summed E-state index contributed by atoms with van der Waals surface area (Å²) in [6.45, 7) is 2.28. The van der Waals surface area contributed by atoms with Gasteiger partial charge in [-0.25, -0.2) is 0 Å². The third kappa shape index (κ3) is 2.15. The number of likely N-dealkylation sites (N-methyl/N-ethyl adjacent to an activating group) is 2. The fraction of sp³-hybridized carbons (Fsp3) is 0.333. The van der Waals surface area contributed by atoms with E-state index in [1.165, 1.54) is 11.1 Å². The Morgan fingerprint density at radius 2 is 1.00 bits per heavy atom. The van der Waals surface area contributed by atoms with Gasteiger partial charge in [0.15, 0.2) is 0 Å². The molecule has 1 fully saturated rings. The third-order valence-electron chi connectivity index (χ3n) is 4.64. The summed E-state index contributed by atoms with van der Waals surface area (Å²) in [5, 5.41) is 0. The standard InChI is InChI=1S/C18H22N2/c1-14-19(2)17(15-10-6-4-7-11-15)18(20(14)3)16-12-8-5-9-13-16/h4-14,17-18H,1-3H3/t17-,18-/m1/s1. The lowest BCUT2D eigenvalue weighted by atomic mass is 9.93. The molecule has 0 saturated carbocycles. The Balaban J connectivity index is 2.05. The fourth-order valence-electron chi connectivity index (χ4n) is 3.33. The van der Waals surface area contributed by atoms with E-state index >= 15 is 0 Å². The molecule has 2 nitrogen and oxygen atoms in total. The van der Waals surface area contributed by atoms with Crippen LogP contribution in [-0.2, 0) is 0 Å². The van der Waals surface area contributed by atoms with Gasteiger partial charge >= 0.3 is 0 Å². The van der Waals surface area contributed by atoms with Gasteiger partial charge in [-0.1, -0.05) is 60.7 Å². The maximum Gasteiger partial charge on any atom is 0.0600 e. The summed E-state index contributed by atoms with van der Waals surface area (Å²) in [6, 6.07) is 22.5. The van der Waals surface area contributed by atoms with E-state index in [2.05, 4.69) is 91.5 Å². The van der Waals surface area contributed by atoms with Crippen LogP contribution in [-0.4, -0.2) is 30.1 Å². The van der Waals surface area contributed by atoms with E-state index in [1.807, 2.05) is 0 Å². The average molecular weight is 266 g/mol. The fourth-order valence-corrected chi connectivity index (χ4v) is 3.33. The highest BCUT2D eigenvalue weighted by molar-refractivity contribution is 5.29. The van der Waals surface area contributed by atoms with Crippen LogP contribution in [0.5, 0.6) is 0 Å². The molecule has 0 aromatic heterocycles. The minimum absolute atomic E-state index is 0.401. The smallest absolute Gasteiger partial charge is 0.0600 e. The van der Waals surface area contributed by atoms with E-state index < -0.39 is 0 Å². The molecule has 2 atom stereocenters. The van der Waals surface area contributed by atoms with Crippen LogP contribution in [0, 0.1) is 0 Å². The number of benzene rings is 2. The summed E-state index contributed by atoms with van der Waals surface area (Å²) < 4.78 is 0. The molecule has 3 rings (SSSR count). The number of rotatable bonds is 2. The normalized spacial score (nSPS) is 25.1. The van der Waals surface area contributed by atoms with Crippen molar-refractivity contribution in [2.45, 2.75) is 25.2 Å². The van der Waals surface area contributed by atoms with Gasteiger partial charge in [0.1, 0.15) is 0 Å². The quantitative estimate of drug-likeness (QED) is 0.818. The second-order valence-corrected chi connectivity index (χ2v) is 5.67. The number of nitrogens with zero attached hydrogens (tertiary/aromatic N) is 2. The zero-order valence-electron chi connectivity index (χ0n) is 12.4. The Morgan fingerprint density at radius 3 is 1.35 bits per heavy atom. The predicted molar refractivity (Wildman–Crippen MR) is 83.4 cm³/mol. The zero-order valence-corrected chi connectivity index (χ0v) is 12.4. The molecule has 1 heterocycles. The first kappa shape index (κ1) is 13.3. The molecule has 0 aliphatic carbocycles. The minimum Gasteiger partial charge on any atom is -0.282 e. The van der Waals surface area contributed by atoms with Gasteiger partial charge < -0.3 is 0 Å². The molecule has 104 valence electrons. The topological polar surface area (TPSA) is 6.48 Å². The van der Waals surface area contributed by atoms with Crippen molar-refractivity contribution in [3.8, 4) is 0 Å². The molecule has 0 bridgehead atoms. The van der Waals surface area contributed by atoms with Crippen LogP contribution in [0.2, 0.25) is 0 Å². The lowest BCUT2D eigenvalue weighted by molar-refractivity contribution is 0.181. The monoisotopic (exact) mass is 266 g/mol. The van der Waals surface area contributed by atoms with Crippen LogP contribution in [0.25, 0.3) is 0 Å². The zero-order chi connectivity index (χ0) is 14.1. The maximum atomic E-state index is 2.47. The van der Waals surface area contributed by atoms with Gasteiger partial charge in [-0.15, -0.1) is 0 Å². The molecule has 0 amide bonds. The van der Waals surface area contributed by atoms with Crippen LogP contribution in [0.3, 0.4) is 0 Å². The van der Waals surface area contributed by atoms with Gasteiger partial charge in [0, 0.05) is 0 Å². The molecule has 20 heavy (non-hydrogen) atoms. The first-order chi connectivity index (χ1) is 9.70. The Labute approximate surface area is 121 Å². The van der Waals surface area contributed by atoms with Crippen LogP contribution >= 0.6 is 0 Å².